The second-order valence-corrected chi connectivity index (χ2v) is 7.11. The Balaban J connectivity index is 2.62. The smallest absolute Gasteiger partial charge is 0.227 e. The molecule has 5 nitrogen and oxygen atoms in total. The molecular formula is C20H34N4O. The van der Waals surface area contributed by atoms with Crippen LogP contribution in [0.2, 0.25) is 0 Å². The summed E-state index contributed by atoms with van der Waals surface area (Å²) < 4.78 is 0. The number of hydrogen-bond donors (Lipinski definition) is 3. The molecule has 0 aliphatic carbocycles. The fourth-order valence-electron chi connectivity index (χ4n) is 2.63. The molecule has 5 heteroatoms. The van der Waals surface area contributed by atoms with Crippen molar-refractivity contribution in [1.82, 2.24) is 16.0 Å². The van der Waals surface area contributed by atoms with Crippen LogP contribution < -0.4 is 16.0 Å². The second-order valence-electron chi connectivity index (χ2n) is 7.11. The largest absolute Gasteiger partial charge is 0.357 e. The molecule has 0 saturated carbocycles. The van der Waals surface area contributed by atoms with Crippen LogP contribution in [-0.4, -0.2) is 38.0 Å². The monoisotopic (exact) mass is 346 g/mol. The first-order valence-electron chi connectivity index (χ1n) is 9.16. The van der Waals surface area contributed by atoms with Gasteiger partial charge in [-0.2, -0.15) is 0 Å². The van der Waals surface area contributed by atoms with Gasteiger partial charge < -0.3 is 16.0 Å². The molecule has 1 rings (SSSR count). The zero-order chi connectivity index (χ0) is 18.9. The molecule has 0 aromatic heterocycles. The molecule has 0 atom stereocenters. The summed E-state index contributed by atoms with van der Waals surface area (Å²) in [5.41, 5.74) is 3.38. The van der Waals surface area contributed by atoms with E-state index >= 15 is 0 Å². The first-order chi connectivity index (χ1) is 11.8. The van der Waals surface area contributed by atoms with Crippen LogP contribution in [-0.2, 0) is 11.2 Å². The predicted octanol–water partition coefficient (Wildman–Crippen LogP) is 2.56. The van der Waals surface area contributed by atoms with Crippen LogP contribution in [0.25, 0.3) is 0 Å². The summed E-state index contributed by atoms with van der Waals surface area (Å²) >= 11 is 0. The molecule has 1 aromatic rings. The van der Waals surface area contributed by atoms with Crippen molar-refractivity contribution in [3.63, 3.8) is 0 Å². The number of nitrogens with zero attached hydrogens (tertiary/aromatic N) is 1. The van der Waals surface area contributed by atoms with Crippen LogP contribution in [0, 0.1) is 19.3 Å². The standard InChI is InChI=1S/C20H34N4O/c1-7-21-18(25)20(5,6)14-24-19(22-8-2)23-10-9-17-12-15(3)11-16(4)13-17/h11-13H,7-10,14H2,1-6H3,(H,21,25)(H2,22,23,24). The topological polar surface area (TPSA) is 65.5 Å². The van der Waals surface area contributed by atoms with Gasteiger partial charge >= 0.3 is 0 Å². The Morgan fingerprint density at radius 1 is 1.00 bits per heavy atom. The average molecular weight is 347 g/mol. The number of carbonyl (C=O) groups excluding carboxylic acids is 1. The van der Waals surface area contributed by atoms with Crippen molar-refractivity contribution in [2.45, 2.75) is 48.0 Å². The van der Waals surface area contributed by atoms with Crippen molar-refractivity contribution >= 4 is 11.9 Å². The Kier molecular flexibility index (Phi) is 8.46. The van der Waals surface area contributed by atoms with Gasteiger partial charge in [0, 0.05) is 19.6 Å². The summed E-state index contributed by atoms with van der Waals surface area (Å²) in [5, 5.41) is 9.47. The van der Waals surface area contributed by atoms with E-state index in [1.54, 1.807) is 0 Å². The molecule has 0 radical (unpaired) electrons. The minimum Gasteiger partial charge on any atom is -0.357 e. The van der Waals surface area contributed by atoms with Crippen molar-refractivity contribution in [2.75, 3.05) is 26.2 Å². The highest BCUT2D eigenvalue weighted by atomic mass is 16.2. The summed E-state index contributed by atoms with van der Waals surface area (Å²) in [6, 6.07) is 6.62. The highest BCUT2D eigenvalue weighted by Crippen LogP contribution is 2.15. The van der Waals surface area contributed by atoms with E-state index in [1.165, 1.54) is 16.7 Å². The van der Waals surface area contributed by atoms with Crippen LogP contribution in [0.5, 0.6) is 0 Å². The lowest BCUT2D eigenvalue weighted by Gasteiger charge is -2.22. The summed E-state index contributed by atoms with van der Waals surface area (Å²) in [6.07, 6.45) is 0.937. The molecule has 1 aromatic carbocycles. The van der Waals surface area contributed by atoms with Crippen molar-refractivity contribution < 1.29 is 4.79 Å². The molecule has 0 saturated heterocycles. The zero-order valence-electron chi connectivity index (χ0n) is 16.6. The average Bonchev–Trinajstić information content (AvgIpc) is 2.52. The number of benzene rings is 1. The van der Waals surface area contributed by atoms with Crippen molar-refractivity contribution in [3.8, 4) is 0 Å². The molecule has 0 fully saturated rings. The molecule has 0 spiro atoms. The van der Waals surface area contributed by atoms with Crippen LogP contribution in [0.4, 0.5) is 0 Å². The number of amides is 1. The first kappa shape index (κ1) is 21.0. The van der Waals surface area contributed by atoms with E-state index in [0.29, 0.717) is 13.1 Å². The maximum atomic E-state index is 12.1. The van der Waals surface area contributed by atoms with Gasteiger partial charge in [0.15, 0.2) is 5.96 Å². The Hall–Kier alpha value is -2.04. The Labute approximate surface area is 152 Å². The molecule has 0 aliphatic rings. The van der Waals surface area contributed by atoms with E-state index in [0.717, 1.165) is 25.5 Å². The first-order valence-corrected chi connectivity index (χ1v) is 9.16. The van der Waals surface area contributed by atoms with Crippen LogP contribution >= 0.6 is 0 Å². The maximum Gasteiger partial charge on any atom is 0.227 e. The van der Waals surface area contributed by atoms with Gasteiger partial charge in [-0.1, -0.05) is 29.3 Å². The number of rotatable bonds is 8. The second kappa shape index (κ2) is 10.1. The van der Waals surface area contributed by atoms with Crippen molar-refractivity contribution in [2.24, 2.45) is 10.4 Å². The Bertz CT molecular complexity index is 573. The van der Waals surface area contributed by atoms with E-state index in [9.17, 15) is 4.79 Å². The fraction of sp³-hybridized carbons (Fsp3) is 0.600. The molecule has 0 aliphatic heterocycles. The Morgan fingerprint density at radius 2 is 1.60 bits per heavy atom. The van der Waals surface area contributed by atoms with E-state index in [1.807, 2.05) is 27.7 Å². The van der Waals surface area contributed by atoms with Gasteiger partial charge in [0.05, 0.1) is 12.0 Å². The summed E-state index contributed by atoms with van der Waals surface area (Å²) in [6.45, 7) is 14.7. The van der Waals surface area contributed by atoms with Crippen LogP contribution in [0.3, 0.4) is 0 Å². The summed E-state index contributed by atoms with van der Waals surface area (Å²) in [7, 11) is 0. The van der Waals surface area contributed by atoms with Gasteiger partial charge in [0.1, 0.15) is 0 Å². The zero-order valence-corrected chi connectivity index (χ0v) is 16.6. The van der Waals surface area contributed by atoms with Gasteiger partial charge in [0.2, 0.25) is 5.91 Å². The minimum atomic E-state index is -0.522. The number of hydrogen-bond acceptors (Lipinski definition) is 2. The number of guanidine groups is 1. The predicted molar refractivity (Wildman–Crippen MR) is 106 cm³/mol. The third-order valence-electron chi connectivity index (χ3n) is 3.92. The molecule has 0 unspecified atom stereocenters. The molecular weight excluding hydrogens is 312 g/mol. The third-order valence-corrected chi connectivity index (χ3v) is 3.92. The van der Waals surface area contributed by atoms with Crippen molar-refractivity contribution in [1.29, 1.82) is 0 Å². The molecule has 0 heterocycles. The van der Waals surface area contributed by atoms with Crippen LogP contribution in [0.1, 0.15) is 44.4 Å². The number of nitrogens with one attached hydrogen (secondary N) is 3. The fourth-order valence-corrected chi connectivity index (χ4v) is 2.63. The van der Waals surface area contributed by atoms with Gasteiger partial charge in [0.25, 0.3) is 0 Å². The molecule has 25 heavy (non-hydrogen) atoms. The molecule has 1 amide bonds. The van der Waals surface area contributed by atoms with E-state index < -0.39 is 5.41 Å². The molecule has 0 bridgehead atoms. The summed E-state index contributed by atoms with van der Waals surface area (Å²) in [4.78, 5) is 16.7. The highest BCUT2D eigenvalue weighted by Gasteiger charge is 2.26. The quantitative estimate of drug-likeness (QED) is 0.501. The normalized spacial score (nSPS) is 12.0. The van der Waals surface area contributed by atoms with Gasteiger partial charge in [-0.25, -0.2) is 0 Å². The van der Waals surface area contributed by atoms with E-state index in [-0.39, 0.29) is 5.91 Å². The minimum absolute atomic E-state index is 0.0323. The van der Waals surface area contributed by atoms with Gasteiger partial charge in [-0.15, -0.1) is 0 Å². The number of carbonyl (C=O) groups is 1. The lowest BCUT2D eigenvalue weighted by Crippen LogP contribution is -2.42. The maximum absolute atomic E-state index is 12.1. The lowest BCUT2D eigenvalue weighted by atomic mass is 9.92. The van der Waals surface area contributed by atoms with Crippen molar-refractivity contribution in [3.05, 3.63) is 34.9 Å². The highest BCUT2D eigenvalue weighted by molar-refractivity contribution is 5.83. The number of aryl methyl sites for hydroxylation is 2. The third kappa shape index (κ3) is 7.59. The van der Waals surface area contributed by atoms with Crippen LogP contribution in [0.15, 0.2) is 23.2 Å². The lowest BCUT2D eigenvalue weighted by molar-refractivity contribution is -0.128. The van der Waals surface area contributed by atoms with Gasteiger partial charge in [-0.05, 0) is 53.5 Å². The van der Waals surface area contributed by atoms with Gasteiger partial charge in [-0.3, -0.25) is 9.79 Å². The number of aliphatic imine (C=N–C) groups is 1. The SMILES string of the molecule is CCNC(=O)C(C)(C)CN=C(NCC)NCCc1cc(C)cc(C)c1. The summed E-state index contributed by atoms with van der Waals surface area (Å²) in [5.74, 6) is 0.786. The molecule has 3 N–H and O–H groups in total. The Morgan fingerprint density at radius 3 is 2.16 bits per heavy atom. The van der Waals surface area contributed by atoms with E-state index in [2.05, 4.69) is 53.0 Å². The molecule has 140 valence electrons. The van der Waals surface area contributed by atoms with E-state index in [4.69, 9.17) is 0 Å².